The Labute approximate surface area is 135 Å². The van der Waals surface area contributed by atoms with E-state index in [1.807, 2.05) is 24.3 Å². The van der Waals surface area contributed by atoms with E-state index >= 15 is 0 Å². The number of allylic oxidation sites excluding steroid dienone is 2. The number of hydrogen-bond acceptors (Lipinski definition) is 3. The summed E-state index contributed by atoms with van der Waals surface area (Å²) in [5.41, 5.74) is 3.34. The van der Waals surface area contributed by atoms with Crippen molar-refractivity contribution in [3.05, 3.63) is 71.3 Å². The molecule has 3 nitrogen and oxygen atoms in total. The molecular weight excluding hydrogens is 288 g/mol. The van der Waals surface area contributed by atoms with Gasteiger partial charge in [-0.25, -0.2) is 0 Å². The zero-order valence-corrected chi connectivity index (χ0v) is 12.9. The van der Waals surface area contributed by atoms with Crippen molar-refractivity contribution in [1.82, 2.24) is 0 Å². The van der Waals surface area contributed by atoms with Gasteiger partial charge in [0.25, 0.3) is 0 Å². The number of epoxide rings is 1. The molecular formula is C20H18O3. The number of ether oxygens (including phenoxy) is 2. The van der Waals surface area contributed by atoms with Crippen molar-refractivity contribution in [3.63, 3.8) is 0 Å². The zero-order valence-electron chi connectivity index (χ0n) is 12.9. The number of rotatable bonds is 2. The van der Waals surface area contributed by atoms with Crippen LogP contribution in [0, 0.1) is 5.41 Å². The summed E-state index contributed by atoms with van der Waals surface area (Å²) in [6, 6.07) is 10.3. The Balaban J connectivity index is 1.57. The molecule has 5 rings (SSSR count). The maximum Gasteiger partial charge on any atom is 0.188 e. The summed E-state index contributed by atoms with van der Waals surface area (Å²) in [6.45, 7) is 2.21. The lowest BCUT2D eigenvalue weighted by atomic mass is 9.67. The van der Waals surface area contributed by atoms with Crippen LogP contribution in [0.25, 0.3) is 0 Å². The zero-order chi connectivity index (χ0) is 15.6. The molecule has 2 bridgehead atoms. The first-order valence-corrected chi connectivity index (χ1v) is 8.17. The predicted octanol–water partition coefficient (Wildman–Crippen LogP) is 3.30. The molecule has 3 heterocycles. The molecule has 4 aliphatic rings. The van der Waals surface area contributed by atoms with E-state index < -0.39 is 6.10 Å². The summed E-state index contributed by atoms with van der Waals surface area (Å²) in [5.74, 6) is 0.0656. The van der Waals surface area contributed by atoms with Gasteiger partial charge < -0.3 is 9.47 Å². The average Bonchev–Trinajstić information content (AvgIpc) is 3.24. The van der Waals surface area contributed by atoms with E-state index in [9.17, 15) is 4.79 Å². The third-order valence-corrected chi connectivity index (χ3v) is 5.64. The van der Waals surface area contributed by atoms with Crippen molar-refractivity contribution in [2.45, 2.75) is 37.8 Å². The standard InChI is InChI=1S/C20H18O3/c1-20(19-17(23-19)12-6-3-2-4-7-12)14-9-5-8-13(14)18-15(21)10-11-16(20)22-18/h2-7,9-11,16-19H,8H2,1H3/t16-,17?,18-,19?,20?/m1/s1. The highest BCUT2D eigenvalue weighted by molar-refractivity contribution is 5.97. The molecule has 23 heavy (non-hydrogen) atoms. The van der Waals surface area contributed by atoms with Crippen LogP contribution in [0.1, 0.15) is 25.0 Å². The fraction of sp³-hybridized carbons (Fsp3) is 0.350. The summed E-state index contributed by atoms with van der Waals surface area (Å²) in [7, 11) is 0. The molecule has 3 aliphatic heterocycles. The lowest BCUT2D eigenvalue weighted by molar-refractivity contribution is -0.133. The molecule has 0 aromatic heterocycles. The summed E-state index contributed by atoms with van der Waals surface area (Å²) < 4.78 is 12.2. The fourth-order valence-electron chi connectivity index (χ4n) is 4.35. The predicted molar refractivity (Wildman–Crippen MR) is 85.8 cm³/mol. The molecule has 0 radical (unpaired) electrons. The van der Waals surface area contributed by atoms with Crippen molar-refractivity contribution < 1.29 is 14.3 Å². The van der Waals surface area contributed by atoms with Crippen LogP contribution in [0.3, 0.4) is 0 Å². The highest BCUT2D eigenvalue weighted by atomic mass is 16.6. The molecule has 1 aromatic rings. The van der Waals surface area contributed by atoms with Crippen molar-refractivity contribution in [1.29, 1.82) is 0 Å². The van der Waals surface area contributed by atoms with Crippen LogP contribution in [0.2, 0.25) is 0 Å². The molecule has 1 aliphatic carbocycles. The maximum absolute atomic E-state index is 12.1. The number of carbonyl (C=O) groups is 1. The minimum atomic E-state index is -0.392. The number of benzene rings is 1. The highest BCUT2D eigenvalue weighted by Gasteiger charge is 2.61. The minimum absolute atomic E-state index is 0.0656. The second-order valence-corrected chi connectivity index (χ2v) is 6.91. The quantitative estimate of drug-likeness (QED) is 0.787. The van der Waals surface area contributed by atoms with Crippen molar-refractivity contribution in [2.24, 2.45) is 5.41 Å². The van der Waals surface area contributed by atoms with Crippen LogP contribution < -0.4 is 0 Å². The molecule has 5 atom stereocenters. The van der Waals surface area contributed by atoms with Gasteiger partial charge in [0, 0.05) is 0 Å². The third kappa shape index (κ3) is 1.75. The first-order chi connectivity index (χ1) is 11.2. The Morgan fingerprint density at radius 1 is 1.13 bits per heavy atom. The van der Waals surface area contributed by atoms with Gasteiger partial charge in [-0.1, -0.05) is 55.5 Å². The van der Waals surface area contributed by atoms with Gasteiger partial charge in [-0.15, -0.1) is 0 Å². The number of hydrogen-bond donors (Lipinski definition) is 0. The molecule has 1 fully saturated rings. The number of carbonyl (C=O) groups excluding carboxylic acids is 1. The molecule has 3 unspecified atom stereocenters. The van der Waals surface area contributed by atoms with Gasteiger partial charge in [0.2, 0.25) is 0 Å². The molecule has 0 N–H and O–H groups in total. The van der Waals surface area contributed by atoms with Crippen molar-refractivity contribution in [3.8, 4) is 0 Å². The highest BCUT2D eigenvalue weighted by Crippen LogP contribution is 2.59. The van der Waals surface area contributed by atoms with Crippen LogP contribution in [0.15, 0.2) is 65.8 Å². The summed E-state index contributed by atoms with van der Waals surface area (Å²) >= 11 is 0. The van der Waals surface area contributed by atoms with Gasteiger partial charge in [0.05, 0.1) is 11.5 Å². The van der Waals surface area contributed by atoms with Crippen molar-refractivity contribution >= 4 is 5.78 Å². The van der Waals surface area contributed by atoms with E-state index in [1.54, 1.807) is 6.08 Å². The Morgan fingerprint density at radius 3 is 2.78 bits per heavy atom. The van der Waals surface area contributed by atoms with E-state index in [4.69, 9.17) is 9.47 Å². The lowest BCUT2D eigenvalue weighted by Crippen LogP contribution is -2.50. The second kappa shape index (κ2) is 4.53. The monoisotopic (exact) mass is 306 g/mol. The fourth-order valence-corrected chi connectivity index (χ4v) is 4.35. The molecule has 1 saturated heterocycles. The first-order valence-electron chi connectivity index (χ1n) is 8.17. The van der Waals surface area contributed by atoms with Gasteiger partial charge in [-0.3, -0.25) is 4.79 Å². The maximum atomic E-state index is 12.1. The van der Waals surface area contributed by atoms with E-state index in [-0.39, 0.29) is 29.5 Å². The average molecular weight is 306 g/mol. The van der Waals surface area contributed by atoms with Crippen LogP contribution in [0.4, 0.5) is 0 Å². The summed E-state index contributed by atoms with van der Waals surface area (Å²) in [5, 5.41) is 0. The van der Waals surface area contributed by atoms with E-state index in [2.05, 4.69) is 31.2 Å². The van der Waals surface area contributed by atoms with Gasteiger partial charge >= 0.3 is 0 Å². The molecule has 116 valence electrons. The number of fused-ring (bicyclic) bond motifs is 3. The van der Waals surface area contributed by atoms with Crippen LogP contribution in [-0.2, 0) is 14.3 Å². The van der Waals surface area contributed by atoms with E-state index in [0.29, 0.717) is 0 Å². The number of ketones is 1. The van der Waals surface area contributed by atoms with E-state index in [1.165, 1.54) is 11.1 Å². The molecule has 1 aromatic carbocycles. The molecule has 3 heteroatoms. The Kier molecular flexibility index (Phi) is 2.65. The minimum Gasteiger partial charge on any atom is -0.363 e. The normalized spacial score (nSPS) is 40.5. The van der Waals surface area contributed by atoms with Gasteiger partial charge in [0.1, 0.15) is 18.3 Å². The summed E-state index contributed by atoms with van der Waals surface area (Å²) in [6.07, 6.45) is 8.43. The Hall–Kier alpha value is -1.97. The lowest BCUT2D eigenvalue weighted by Gasteiger charge is -2.45. The molecule has 0 spiro atoms. The second-order valence-electron chi connectivity index (χ2n) is 6.91. The van der Waals surface area contributed by atoms with Gasteiger partial charge in [-0.2, -0.15) is 0 Å². The Bertz CT molecular complexity index is 773. The van der Waals surface area contributed by atoms with Crippen LogP contribution in [0.5, 0.6) is 0 Å². The SMILES string of the molecule is CC1(C2OC2c2ccccc2)C2=C(CC=C2)[C@H]2O[C@@H]1C=CC2=O. The van der Waals surface area contributed by atoms with E-state index in [0.717, 1.165) is 12.0 Å². The van der Waals surface area contributed by atoms with Crippen molar-refractivity contribution in [2.75, 3.05) is 0 Å². The summed E-state index contributed by atoms with van der Waals surface area (Å²) in [4.78, 5) is 12.1. The first kappa shape index (κ1) is 13.5. The largest absolute Gasteiger partial charge is 0.363 e. The van der Waals surface area contributed by atoms with Crippen LogP contribution >= 0.6 is 0 Å². The van der Waals surface area contributed by atoms with Gasteiger partial charge in [-0.05, 0) is 29.2 Å². The Morgan fingerprint density at radius 2 is 1.96 bits per heavy atom. The topological polar surface area (TPSA) is 38.8 Å². The van der Waals surface area contributed by atoms with Crippen LogP contribution in [-0.4, -0.2) is 24.1 Å². The smallest absolute Gasteiger partial charge is 0.188 e. The molecule has 0 amide bonds. The molecule has 0 saturated carbocycles. The third-order valence-electron chi connectivity index (χ3n) is 5.64. The van der Waals surface area contributed by atoms with Gasteiger partial charge in [0.15, 0.2) is 5.78 Å².